The Morgan fingerprint density at radius 3 is 2.88 bits per heavy atom. The zero-order valence-corrected chi connectivity index (χ0v) is 14.4. The summed E-state index contributed by atoms with van der Waals surface area (Å²) in [5.41, 5.74) is 1.76. The molecule has 0 saturated carbocycles. The Morgan fingerprint density at radius 2 is 2.17 bits per heavy atom. The number of piperidine rings is 1. The highest BCUT2D eigenvalue weighted by Crippen LogP contribution is 2.19. The van der Waals surface area contributed by atoms with E-state index in [-0.39, 0.29) is 24.1 Å². The number of β-amino-alcohol motifs (C(OH)–C–C–N with tert-alkyl or cyclic N) is 1. The number of carbonyl (C=O) groups is 1. The molecule has 3 rings (SSSR count). The van der Waals surface area contributed by atoms with Gasteiger partial charge in [0.15, 0.2) is 0 Å². The molecule has 2 heterocycles. The highest BCUT2D eigenvalue weighted by molar-refractivity contribution is 7.09. The third-order valence-corrected chi connectivity index (χ3v) is 5.37. The fraction of sp³-hybridized carbons (Fsp3) is 0.444. The average molecular weight is 348 g/mol. The number of benzene rings is 1. The molecule has 128 valence electrons. The molecule has 0 aliphatic carbocycles. The molecule has 2 aromatic rings. The van der Waals surface area contributed by atoms with Crippen LogP contribution in [0.5, 0.6) is 0 Å². The van der Waals surface area contributed by atoms with Gasteiger partial charge in [0.2, 0.25) is 5.91 Å². The molecule has 2 unspecified atom stereocenters. The summed E-state index contributed by atoms with van der Waals surface area (Å²) in [6, 6.07) is 6.38. The van der Waals surface area contributed by atoms with Crippen molar-refractivity contribution >= 4 is 17.2 Å². The Bertz CT molecular complexity index is 701. The van der Waals surface area contributed by atoms with E-state index in [4.69, 9.17) is 0 Å². The maximum absolute atomic E-state index is 12.9. The van der Waals surface area contributed by atoms with Crippen LogP contribution in [0.15, 0.2) is 29.6 Å². The van der Waals surface area contributed by atoms with Crippen LogP contribution in [0.1, 0.15) is 29.6 Å². The molecule has 0 spiro atoms. The molecule has 1 aliphatic rings. The topological polar surface area (TPSA) is 53.4 Å². The first-order valence-corrected chi connectivity index (χ1v) is 9.03. The molecule has 1 aliphatic heterocycles. The Balaban J connectivity index is 1.57. The molecular formula is C18H21FN2O2S. The highest BCUT2D eigenvalue weighted by atomic mass is 32.1. The lowest BCUT2D eigenvalue weighted by molar-refractivity contribution is -0.134. The Labute approximate surface area is 145 Å². The molecule has 1 fully saturated rings. The van der Waals surface area contributed by atoms with Crippen molar-refractivity contribution in [2.75, 3.05) is 13.1 Å². The zero-order valence-electron chi connectivity index (χ0n) is 13.6. The summed E-state index contributed by atoms with van der Waals surface area (Å²) < 4.78 is 12.9. The van der Waals surface area contributed by atoms with E-state index < -0.39 is 6.10 Å². The highest BCUT2D eigenvalue weighted by Gasteiger charge is 2.27. The fourth-order valence-electron chi connectivity index (χ4n) is 2.83. The lowest BCUT2D eigenvalue weighted by Gasteiger charge is -2.34. The Kier molecular flexibility index (Phi) is 5.26. The molecule has 2 atom stereocenters. The van der Waals surface area contributed by atoms with Gasteiger partial charge in [0.25, 0.3) is 0 Å². The van der Waals surface area contributed by atoms with E-state index in [0.717, 1.165) is 22.7 Å². The van der Waals surface area contributed by atoms with E-state index in [1.807, 2.05) is 12.3 Å². The van der Waals surface area contributed by atoms with Crippen LogP contribution in [0.25, 0.3) is 0 Å². The van der Waals surface area contributed by atoms with E-state index in [1.54, 1.807) is 17.0 Å². The second-order valence-electron chi connectivity index (χ2n) is 6.39. The Hall–Kier alpha value is -1.79. The lowest BCUT2D eigenvalue weighted by Crippen LogP contribution is -2.46. The van der Waals surface area contributed by atoms with Gasteiger partial charge in [-0.2, -0.15) is 0 Å². The van der Waals surface area contributed by atoms with Crippen LogP contribution in [-0.4, -0.2) is 40.1 Å². The van der Waals surface area contributed by atoms with Crippen molar-refractivity contribution in [2.24, 2.45) is 5.92 Å². The number of carbonyl (C=O) groups excluding carboxylic acids is 1. The van der Waals surface area contributed by atoms with Crippen LogP contribution < -0.4 is 0 Å². The quantitative estimate of drug-likeness (QED) is 0.924. The molecule has 0 radical (unpaired) electrons. The lowest BCUT2D eigenvalue weighted by atomic mass is 9.96. The number of rotatable bonds is 4. The fourth-order valence-corrected chi connectivity index (χ4v) is 3.66. The summed E-state index contributed by atoms with van der Waals surface area (Å²) in [5, 5.41) is 12.7. The minimum Gasteiger partial charge on any atom is -0.391 e. The molecular weight excluding hydrogens is 327 g/mol. The number of aliphatic hydroxyl groups excluding tert-OH is 1. The standard InChI is InChI=1S/C18H21FN2O2S/c1-12-6-7-21(10-16(12)22)18(23)9-15-11-24-17(20-15)8-13-2-4-14(19)5-3-13/h2-5,11-12,16,22H,6-10H2,1H3. The smallest absolute Gasteiger partial charge is 0.228 e. The summed E-state index contributed by atoms with van der Waals surface area (Å²) in [6.07, 6.45) is 1.30. The second-order valence-corrected chi connectivity index (χ2v) is 7.33. The SMILES string of the molecule is CC1CCN(C(=O)Cc2csc(Cc3ccc(F)cc3)n2)CC1O. The Morgan fingerprint density at radius 1 is 1.42 bits per heavy atom. The number of aliphatic hydroxyl groups is 1. The van der Waals surface area contributed by atoms with E-state index in [1.165, 1.54) is 23.5 Å². The van der Waals surface area contributed by atoms with Gasteiger partial charge in [-0.3, -0.25) is 4.79 Å². The number of amides is 1. The van der Waals surface area contributed by atoms with Crippen molar-refractivity contribution in [1.82, 2.24) is 9.88 Å². The summed E-state index contributed by atoms with van der Waals surface area (Å²) in [5.74, 6) is 0.0115. The molecule has 1 aromatic carbocycles. The zero-order chi connectivity index (χ0) is 17.1. The molecule has 24 heavy (non-hydrogen) atoms. The monoisotopic (exact) mass is 348 g/mol. The van der Waals surface area contributed by atoms with Crippen molar-refractivity contribution in [2.45, 2.75) is 32.3 Å². The summed E-state index contributed by atoms with van der Waals surface area (Å²) in [6.45, 7) is 3.12. The van der Waals surface area contributed by atoms with Crippen molar-refractivity contribution < 1.29 is 14.3 Å². The second kappa shape index (κ2) is 7.40. The van der Waals surface area contributed by atoms with Crippen LogP contribution in [0.3, 0.4) is 0 Å². The van der Waals surface area contributed by atoms with Gasteiger partial charge in [0, 0.05) is 24.9 Å². The molecule has 0 bridgehead atoms. The van der Waals surface area contributed by atoms with Crippen molar-refractivity contribution in [3.05, 3.63) is 51.7 Å². The summed E-state index contributed by atoms with van der Waals surface area (Å²) in [4.78, 5) is 18.6. The molecule has 6 heteroatoms. The van der Waals surface area contributed by atoms with Gasteiger partial charge in [0.1, 0.15) is 5.82 Å². The number of aromatic nitrogens is 1. The minimum atomic E-state index is -0.438. The largest absolute Gasteiger partial charge is 0.391 e. The van der Waals surface area contributed by atoms with Gasteiger partial charge in [-0.15, -0.1) is 11.3 Å². The summed E-state index contributed by atoms with van der Waals surface area (Å²) >= 11 is 1.51. The van der Waals surface area contributed by atoms with Gasteiger partial charge in [0.05, 0.1) is 23.2 Å². The van der Waals surface area contributed by atoms with Gasteiger partial charge in [-0.05, 0) is 30.0 Å². The third kappa shape index (κ3) is 4.19. The van der Waals surface area contributed by atoms with E-state index in [9.17, 15) is 14.3 Å². The predicted molar refractivity (Wildman–Crippen MR) is 91.4 cm³/mol. The van der Waals surface area contributed by atoms with Gasteiger partial charge >= 0.3 is 0 Å². The first kappa shape index (κ1) is 17.0. The van der Waals surface area contributed by atoms with Crippen LogP contribution >= 0.6 is 11.3 Å². The first-order chi connectivity index (χ1) is 11.5. The van der Waals surface area contributed by atoms with Crippen molar-refractivity contribution in [3.63, 3.8) is 0 Å². The maximum atomic E-state index is 12.9. The van der Waals surface area contributed by atoms with Gasteiger partial charge in [-0.1, -0.05) is 19.1 Å². The first-order valence-electron chi connectivity index (χ1n) is 8.15. The number of hydrogen-bond donors (Lipinski definition) is 1. The van der Waals surface area contributed by atoms with Crippen LogP contribution in [0, 0.1) is 11.7 Å². The summed E-state index contributed by atoms with van der Waals surface area (Å²) in [7, 11) is 0. The number of nitrogens with zero attached hydrogens (tertiary/aromatic N) is 2. The molecule has 4 nitrogen and oxygen atoms in total. The third-order valence-electron chi connectivity index (χ3n) is 4.47. The van der Waals surface area contributed by atoms with Gasteiger partial charge < -0.3 is 10.0 Å². The van der Waals surface area contributed by atoms with E-state index >= 15 is 0 Å². The van der Waals surface area contributed by atoms with Crippen LogP contribution in [0.4, 0.5) is 4.39 Å². The average Bonchev–Trinajstić information content (AvgIpc) is 2.99. The maximum Gasteiger partial charge on any atom is 0.228 e. The normalized spacial score (nSPS) is 21.0. The van der Waals surface area contributed by atoms with Crippen LogP contribution in [0.2, 0.25) is 0 Å². The number of hydrogen-bond acceptors (Lipinski definition) is 4. The molecule has 1 amide bonds. The number of likely N-dealkylation sites (tertiary alicyclic amines) is 1. The molecule has 1 aromatic heterocycles. The van der Waals surface area contributed by atoms with E-state index in [0.29, 0.717) is 19.5 Å². The minimum absolute atomic E-state index is 0.0135. The van der Waals surface area contributed by atoms with Crippen molar-refractivity contribution in [1.29, 1.82) is 0 Å². The van der Waals surface area contributed by atoms with Crippen molar-refractivity contribution in [3.8, 4) is 0 Å². The molecule has 1 N–H and O–H groups in total. The number of halogens is 1. The number of thiazole rings is 1. The van der Waals surface area contributed by atoms with Gasteiger partial charge in [-0.25, -0.2) is 9.37 Å². The molecule has 1 saturated heterocycles. The van der Waals surface area contributed by atoms with Crippen LogP contribution in [-0.2, 0) is 17.6 Å². The predicted octanol–water partition coefficient (Wildman–Crippen LogP) is 2.64. The van der Waals surface area contributed by atoms with E-state index in [2.05, 4.69) is 4.98 Å².